The SMILES string of the molecule is N#CC=Cc1c(Cl)nc2sccn12. The van der Waals surface area contributed by atoms with Crippen LogP contribution in [0.25, 0.3) is 11.0 Å². The largest absolute Gasteiger partial charge is 0.289 e. The minimum absolute atomic E-state index is 0.429. The molecule has 64 valence electrons. The number of thiazole rings is 1. The number of halogens is 1. The van der Waals surface area contributed by atoms with Crippen LogP contribution >= 0.6 is 22.9 Å². The normalized spacial score (nSPS) is 11.1. The van der Waals surface area contributed by atoms with Crippen LogP contribution in [-0.2, 0) is 0 Å². The van der Waals surface area contributed by atoms with Crippen molar-refractivity contribution < 1.29 is 0 Å². The average molecular weight is 210 g/mol. The second-order valence-corrected chi connectivity index (χ2v) is 3.54. The summed E-state index contributed by atoms with van der Waals surface area (Å²) in [5.74, 6) is 0. The molecule has 0 aliphatic carbocycles. The molecular weight excluding hydrogens is 206 g/mol. The van der Waals surface area contributed by atoms with E-state index in [1.807, 2.05) is 22.0 Å². The molecular formula is C8H4ClN3S. The second kappa shape index (κ2) is 3.21. The summed E-state index contributed by atoms with van der Waals surface area (Å²) in [6, 6.07) is 1.91. The molecule has 3 nitrogen and oxygen atoms in total. The van der Waals surface area contributed by atoms with E-state index in [-0.39, 0.29) is 0 Å². The van der Waals surface area contributed by atoms with Gasteiger partial charge in [0.25, 0.3) is 0 Å². The highest BCUT2D eigenvalue weighted by Gasteiger charge is 2.07. The summed E-state index contributed by atoms with van der Waals surface area (Å²) in [5.41, 5.74) is 0.750. The number of aromatic nitrogens is 2. The lowest BCUT2D eigenvalue weighted by Crippen LogP contribution is -1.79. The van der Waals surface area contributed by atoms with Crippen molar-refractivity contribution in [2.75, 3.05) is 0 Å². The Bertz CT molecular complexity index is 503. The van der Waals surface area contributed by atoms with Crippen LogP contribution in [0.2, 0.25) is 5.15 Å². The fraction of sp³-hybridized carbons (Fsp3) is 0. The van der Waals surface area contributed by atoms with Gasteiger partial charge in [-0.2, -0.15) is 5.26 Å². The lowest BCUT2D eigenvalue weighted by molar-refractivity contribution is 1.21. The molecule has 0 amide bonds. The molecule has 2 heterocycles. The molecule has 0 fully saturated rings. The zero-order valence-corrected chi connectivity index (χ0v) is 8.01. The molecule has 2 aromatic heterocycles. The van der Waals surface area contributed by atoms with Gasteiger partial charge >= 0.3 is 0 Å². The van der Waals surface area contributed by atoms with Gasteiger partial charge in [-0.3, -0.25) is 4.40 Å². The smallest absolute Gasteiger partial charge is 0.195 e. The molecule has 0 atom stereocenters. The number of nitrogens with zero attached hydrogens (tertiary/aromatic N) is 3. The van der Waals surface area contributed by atoms with Crippen LogP contribution in [0.4, 0.5) is 0 Å². The molecule has 0 N–H and O–H groups in total. The first-order valence-electron chi connectivity index (χ1n) is 3.50. The summed E-state index contributed by atoms with van der Waals surface area (Å²) < 4.78 is 1.85. The molecule has 0 spiro atoms. The van der Waals surface area contributed by atoms with Crippen LogP contribution in [0.1, 0.15) is 5.69 Å². The van der Waals surface area contributed by atoms with Crippen molar-refractivity contribution in [3.05, 3.63) is 28.5 Å². The predicted molar refractivity (Wildman–Crippen MR) is 52.7 cm³/mol. The fourth-order valence-electron chi connectivity index (χ4n) is 1.04. The van der Waals surface area contributed by atoms with Gasteiger partial charge in [0.1, 0.15) is 0 Å². The summed E-state index contributed by atoms with van der Waals surface area (Å²) in [4.78, 5) is 4.95. The van der Waals surface area contributed by atoms with Crippen LogP contribution in [0.3, 0.4) is 0 Å². The minimum Gasteiger partial charge on any atom is -0.289 e. The van der Waals surface area contributed by atoms with E-state index in [4.69, 9.17) is 16.9 Å². The number of allylic oxidation sites excluding steroid dienone is 1. The Hall–Kier alpha value is -1.31. The standard InChI is InChI=1S/C8H4ClN3S/c9-7-6(2-1-3-10)12-4-5-13-8(12)11-7/h1-2,4-5H. The summed E-state index contributed by atoms with van der Waals surface area (Å²) in [5, 5.41) is 10.7. The summed E-state index contributed by atoms with van der Waals surface area (Å²) >= 11 is 7.37. The van der Waals surface area contributed by atoms with Gasteiger partial charge in [0, 0.05) is 17.7 Å². The van der Waals surface area contributed by atoms with Crippen molar-refractivity contribution in [3.8, 4) is 6.07 Å². The van der Waals surface area contributed by atoms with Gasteiger partial charge in [-0.15, -0.1) is 11.3 Å². The summed E-state index contributed by atoms with van der Waals surface area (Å²) in [6.07, 6.45) is 4.90. The van der Waals surface area contributed by atoms with E-state index in [1.165, 1.54) is 17.4 Å². The Morgan fingerprint density at radius 1 is 1.69 bits per heavy atom. The topological polar surface area (TPSA) is 41.1 Å². The number of rotatable bonds is 1. The highest BCUT2D eigenvalue weighted by atomic mass is 35.5. The van der Waals surface area contributed by atoms with Gasteiger partial charge < -0.3 is 0 Å². The lowest BCUT2D eigenvalue weighted by Gasteiger charge is -1.87. The number of hydrogen-bond acceptors (Lipinski definition) is 3. The van der Waals surface area contributed by atoms with Crippen LogP contribution in [-0.4, -0.2) is 9.38 Å². The number of imidazole rings is 1. The van der Waals surface area contributed by atoms with Crippen molar-refractivity contribution in [3.63, 3.8) is 0 Å². The highest BCUT2D eigenvalue weighted by molar-refractivity contribution is 7.15. The Balaban J connectivity index is 2.65. The molecule has 0 aliphatic heterocycles. The van der Waals surface area contributed by atoms with Crippen LogP contribution in [0.15, 0.2) is 17.7 Å². The maximum absolute atomic E-state index is 8.37. The van der Waals surface area contributed by atoms with Crippen molar-refractivity contribution in [2.24, 2.45) is 0 Å². The molecule has 0 saturated carbocycles. The van der Waals surface area contributed by atoms with Gasteiger partial charge in [0.2, 0.25) is 0 Å². The Morgan fingerprint density at radius 3 is 3.31 bits per heavy atom. The Labute approximate surface area is 83.5 Å². The van der Waals surface area contributed by atoms with Crippen molar-refractivity contribution >= 4 is 34.0 Å². The first-order valence-corrected chi connectivity index (χ1v) is 4.76. The summed E-state index contributed by atoms with van der Waals surface area (Å²) in [7, 11) is 0. The highest BCUT2D eigenvalue weighted by Crippen LogP contribution is 2.21. The van der Waals surface area contributed by atoms with E-state index in [1.54, 1.807) is 6.08 Å². The van der Waals surface area contributed by atoms with E-state index in [0.717, 1.165) is 10.7 Å². The number of fused-ring (bicyclic) bond motifs is 1. The van der Waals surface area contributed by atoms with Crippen molar-refractivity contribution in [2.45, 2.75) is 0 Å². The third-order valence-corrected chi connectivity index (χ3v) is 2.60. The maximum atomic E-state index is 8.37. The van der Waals surface area contributed by atoms with Gasteiger partial charge in [-0.1, -0.05) is 11.6 Å². The lowest BCUT2D eigenvalue weighted by atomic mass is 10.4. The third kappa shape index (κ3) is 1.32. The second-order valence-electron chi connectivity index (χ2n) is 2.31. The van der Waals surface area contributed by atoms with Crippen LogP contribution < -0.4 is 0 Å². The first-order chi connectivity index (χ1) is 6.33. The van der Waals surface area contributed by atoms with Gasteiger partial charge in [-0.25, -0.2) is 4.98 Å². The molecule has 0 saturated heterocycles. The molecule has 0 bridgehead atoms. The molecule has 0 unspecified atom stereocenters. The minimum atomic E-state index is 0.429. The zero-order chi connectivity index (χ0) is 9.26. The molecule has 0 aromatic carbocycles. The zero-order valence-electron chi connectivity index (χ0n) is 6.44. The van der Waals surface area contributed by atoms with Gasteiger partial charge in [0.05, 0.1) is 11.8 Å². The molecule has 13 heavy (non-hydrogen) atoms. The monoisotopic (exact) mass is 209 g/mol. The van der Waals surface area contributed by atoms with E-state index in [2.05, 4.69) is 4.98 Å². The van der Waals surface area contributed by atoms with Gasteiger partial charge in [0.15, 0.2) is 10.1 Å². The molecule has 0 radical (unpaired) electrons. The van der Waals surface area contributed by atoms with Crippen molar-refractivity contribution in [1.82, 2.24) is 9.38 Å². The molecule has 2 aromatic rings. The third-order valence-electron chi connectivity index (χ3n) is 1.57. The molecule has 5 heteroatoms. The van der Waals surface area contributed by atoms with E-state index >= 15 is 0 Å². The first kappa shape index (κ1) is 8.30. The quantitative estimate of drug-likeness (QED) is 0.678. The Morgan fingerprint density at radius 2 is 2.54 bits per heavy atom. The van der Waals surface area contributed by atoms with Crippen LogP contribution in [0, 0.1) is 11.3 Å². The molecule has 2 rings (SSSR count). The van der Waals surface area contributed by atoms with E-state index < -0.39 is 0 Å². The Kier molecular flexibility index (Phi) is 2.05. The number of nitriles is 1. The number of hydrogen-bond donors (Lipinski definition) is 0. The van der Waals surface area contributed by atoms with E-state index in [0.29, 0.717) is 5.15 Å². The predicted octanol–water partition coefficient (Wildman–Crippen LogP) is 2.59. The van der Waals surface area contributed by atoms with E-state index in [9.17, 15) is 0 Å². The van der Waals surface area contributed by atoms with Crippen LogP contribution in [0.5, 0.6) is 0 Å². The van der Waals surface area contributed by atoms with Gasteiger partial charge in [-0.05, 0) is 6.08 Å². The van der Waals surface area contributed by atoms with Crippen molar-refractivity contribution in [1.29, 1.82) is 5.26 Å². The fourth-order valence-corrected chi connectivity index (χ4v) is 2.05. The molecule has 0 aliphatic rings. The maximum Gasteiger partial charge on any atom is 0.195 e. The average Bonchev–Trinajstić information content (AvgIpc) is 2.62. The summed E-state index contributed by atoms with van der Waals surface area (Å²) in [6.45, 7) is 0.